The van der Waals surface area contributed by atoms with E-state index in [4.69, 9.17) is 4.74 Å². The van der Waals surface area contributed by atoms with Gasteiger partial charge in [-0.1, -0.05) is 48.6 Å². The molecule has 0 unspecified atom stereocenters. The fraction of sp³-hybridized carbons (Fsp3) is 0.333. The van der Waals surface area contributed by atoms with Crippen molar-refractivity contribution < 1.29 is 4.74 Å². The molecule has 1 nitrogen and oxygen atoms in total. The van der Waals surface area contributed by atoms with E-state index >= 15 is 0 Å². The number of benzene rings is 1. The summed E-state index contributed by atoms with van der Waals surface area (Å²) in [5.74, 6) is 0.431. The predicted octanol–water partition coefficient (Wildman–Crippen LogP) is 3.97. The summed E-state index contributed by atoms with van der Waals surface area (Å²) in [6.45, 7) is 7.31. The zero-order chi connectivity index (χ0) is 11.6. The van der Waals surface area contributed by atoms with Crippen molar-refractivity contribution in [3.63, 3.8) is 0 Å². The molecule has 0 aliphatic carbocycles. The largest absolute Gasteiger partial charge is 0.377 e. The van der Waals surface area contributed by atoms with E-state index < -0.39 is 0 Å². The molecule has 0 saturated carbocycles. The fourth-order valence-electron chi connectivity index (χ4n) is 1.52. The molecule has 0 fully saturated rings. The quantitative estimate of drug-likeness (QED) is 0.495. The Morgan fingerprint density at radius 1 is 1.31 bits per heavy atom. The topological polar surface area (TPSA) is 9.23 Å². The van der Waals surface area contributed by atoms with Crippen LogP contribution >= 0.6 is 0 Å². The molecule has 1 atom stereocenters. The van der Waals surface area contributed by atoms with Gasteiger partial charge in [-0.2, -0.15) is 0 Å². The lowest BCUT2D eigenvalue weighted by Gasteiger charge is -2.08. The minimum absolute atomic E-state index is 0.431. The number of ether oxygens (including phenoxy) is 1. The van der Waals surface area contributed by atoms with Gasteiger partial charge in [-0.3, -0.25) is 0 Å². The summed E-state index contributed by atoms with van der Waals surface area (Å²) in [6.07, 6.45) is 7.18. The molecule has 0 radical (unpaired) electrons. The first kappa shape index (κ1) is 12.7. The standard InChI is InChI=1S/C15H20O/c1-3-8-14(4-2)11-12-16-13-15-9-6-5-7-10-15/h3-10,14H,2,11-13H2,1H3/b8-3-/t14-/m0/s1. The summed E-state index contributed by atoms with van der Waals surface area (Å²) in [6, 6.07) is 10.2. The van der Waals surface area contributed by atoms with Crippen molar-refractivity contribution in [2.24, 2.45) is 5.92 Å². The van der Waals surface area contributed by atoms with Crippen LogP contribution in [0.25, 0.3) is 0 Å². The van der Waals surface area contributed by atoms with Gasteiger partial charge in [0.05, 0.1) is 6.61 Å². The minimum Gasteiger partial charge on any atom is -0.377 e. The Kier molecular flexibility index (Phi) is 6.28. The molecular weight excluding hydrogens is 196 g/mol. The molecule has 0 bridgehead atoms. The zero-order valence-electron chi connectivity index (χ0n) is 9.93. The average Bonchev–Trinajstić information content (AvgIpc) is 2.34. The molecule has 1 heteroatoms. The lowest BCUT2D eigenvalue weighted by Crippen LogP contribution is -2.00. The maximum absolute atomic E-state index is 5.62. The van der Waals surface area contributed by atoms with Crippen LogP contribution in [0.15, 0.2) is 55.1 Å². The van der Waals surface area contributed by atoms with Gasteiger partial charge >= 0.3 is 0 Å². The molecule has 0 N–H and O–H groups in total. The number of hydrogen-bond donors (Lipinski definition) is 0. The van der Waals surface area contributed by atoms with Crippen LogP contribution in [0, 0.1) is 5.92 Å². The first-order chi connectivity index (χ1) is 7.86. The highest BCUT2D eigenvalue weighted by Gasteiger charge is 1.99. The summed E-state index contributed by atoms with van der Waals surface area (Å²) in [4.78, 5) is 0. The SMILES string of the molecule is C=C[C@@H](/C=C\C)CCOCc1ccccc1. The molecule has 86 valence electrons. The second-order valence-electron chi connectivity index (χ2n) is 3.75. The molecule has 0 spiro atoms. The van der Waals surface area contributed by atoms with Gasteiger partial charge in [-0.15, -0.1) is 6.58 Å². The van der Waals surface area contributed by atoms with Crippen LogP contribution in [0.3, 0.4) is 0 Å². The summed E-state index contributed by atoms with van der Waals surface area (Å²) >= 11 is 0. The van der Waals surface area contributed by atoms with Crippen molar-refractivity contribution in [3.8, 4) is 0 Å². The highest BCUT2D eigenvalue weighted by molar-refractivity contribution is 5.13. The second kappa shape index (κ2) is 7.89. The van der Waals surface area contributed by atoms with Crippen LogP contribution in [-0.4, -0.2) is 6.61 Å². The number of rotatable bonds is 7. The van der Waals surface area contributed by atoms with Gasteiger partial charge in [0, 0.05) is 6.61 Å². The summed E-state index contributed by atoms with van der Waals surface area (Å²) < 4.78 is 5.62. The molecule has 0 saturated heterocycles. The van der Waals surface area contributed by atoms with Crippen molar-refractivity contribution in [2.75, 3.05) is 6.61 Å². The maximum Gasteiger partial charge on any atom is 0.0716 e. The normalized spacial score (nSPS) is 12.8. The Labute approximate surface area is 98.5 Å². The Morgan fingerprint density at radius 3 is 2.69 bits per heavy atom. The van der Waals surface area contributed by atoms with E-state index in [1.54, 1.807) is 0 Å². The third-order valence-electron chi connectivity index (χ3n) is 2.45. The predicted molar refractivity (Wildman–Crippen MR) is 69.2 cm³/mol. The number of allylic oxidation sites excluding steroid dienone is 3. The van der Waals surface area contributed by atoms with Crippen LogP contribution in [-0.2, 0) is 11.3 Å². The minimum atomic E-state index is 0.431. The fourth-order valence-corrected chi connectivity index (χ4v) is 1.52. The van der Waals surface area contributed by atoms with Gasteiger partial charge in [0.25, 0.3) is 0 Å². The zero-order valence-corrected chi connectivity index (χ0v) is 9.93. The Bertz CT molecular complexity index is 313. The van der Waals surface area contributed by atoms with Gasteiger partial charge in [-0.25, -0.2) is 0 Å². The molecule has 1 aromatic carbocycles. The highest BCUT2D eigenvalue weighted by atomic mass is 16.5. The Morgan fingerprint density at radius 2 is 2.06 bits per heavy atom. The molecule has 0 amide bonds. The maximum atomic E-state index is 5.62. The van der Waals surface area contributed by atoms with Gasteiger partial charge in [0.2, 0.25) is 0 Å². The smallest absolute Gasteiger partial charge is 0.0716 e. The van der Waals surface area contributed by atoms with Crippen LogP contribution in [0.2, 0.25) is 0 Å². The first-order valence-electron chi connectivity index (χ1n) is 5.74. The van der Waals surface area contributed by atoms with Crippen LogP contribution in [0.5, 0.6) is 0 Å². The van der Waals surface area contributed by atoms with Crippen LogP contribution in [0.1, 0.15) is 18.9 Å². The van der Waals surface area contributed by atoms with E-state index in [1.807, 2.05) is 31.2 Å². The third-order valence-corrected chi connectivity index (χ3v) is 2.45. The highest BCUT2D eigenvalue weighted by Crippen LogP contribution is 2.08. The third kappa shape index (κ3) is 4.94. The number of hydrogen-bond acceptors (Lipinski definition) is 1. The van der Waals surface area contributed by atoms with E-state index in [2.05, 4.69) is 30.9 Å². The molecule has 0 heterocycles. The first-order valence-corrected chi connectivity index (χ1v) is 5.74. The van der Waals surface area contributed by atoms with E-state index in [9.17, 15) is 0 Å². The lowest BCUT2D eigenvalue weighted by molar-refractivity contribution is 0.114. The van der Waals surface area contributed by atoms with Crippen molar-refractivity contribution in [1.82, 2.24) is 0 Å². The molecule has 0 aliphatic rings. The summed E-state index contributed by atoms with van der Waals surface area (Å²) in [7, 11) is 0. The van der Waals surface area contributed by atoms with Crippen LogP contribution in [0.4, 0.5) is 0 Å². The Balaban J connectivity index is 2.19. The Hall–Kier alpha value is -1.34. The van der Waals surface area contributed by atoms with E-state index in [1.165, 1.54) is 5.56 Å². The van der Waals surface area contributed by atoms with Gasteiger partial charge < -0.3 is 4.74 Å². The van der Waals surface area contributed by atoms with Crippen molar-refractivity contribution in [1.29, 1.82) is 0 Å². The molecule has 0 aliphatic heterocycles. The second-order valence-corrected chi connectivity index (χ2v) is 3.75. The molecule has 16 heavy (non-hydrogen) atoms. The van der Waals surface area contributed by atoms with Gasteiger partial charge in [-0.05, 0) is 24.8 Å². The van der Waals surface area contributed by atoms with Crippen molar-refractivity contribution >= 4 is 0 Å². The van der Waals surface area contributed by atoms with Gasteiger partial charge in [0.1, 0.15) is 0 Å². The summed E-state index contributed by atoms with van der Waals surface area (Å²) in [5, 5.41) is 0. The van der Waals surface area contributed by atoms with E-state index in [-0.39, 0.29) is 0 Å². The lowest BCUT2D eigenvalue weighted by atomic mass is 10.1. The van der Waals surface area contributed by atoms with E-state index in [0.717, 1.165) is 13.0 Å². The van der Waals surface area contributed by atoms with Crippen molar-refractivity contribution in [2.45, 2.75) is 20.0 Å². The average molecular weight is 216 g/mol. The summed E-state index contributed by atoms with van der Waals surface area (Å²) in [5.41, 5.74) is 1.23. The molecule has 1 aromatic rings. The van der Waals surface area contributed by atoms with E-state index in [0.29, 0.717) is 12.5 Å². The molecular formula is C15H20O. The molecule has 0 aromatic heterocycles. The monoisotopic (exact) mass is 216 g/mol. The van der Waals surface area contributed by atoms with Crippen LogP contribution < -0.4 is 0 Å². The van der Waals surface area contributed by atoms with Crippen molar-refractivity contribution in [3.05, 3.63) is 60.7 Å². The van der Waals surface area contributed by atoms with Gasteiger partial charge in [0.15, 0.2) is 0 Å². The molecule has 1 rings (SSSR count).